The van der Waals surface area contributed by atoms with Crippen molar-refractivity contribution in [3.8, 4) is 0 Å². The van der Waals surface area contributed by atoms with Crippen molar-refractivity contribution in [2.75, 3.05) is 19.6 Å². The molecule has 0 aliphatic carbocycles. The number of aliphatic imine (C=N–C) groups is 1. The van der Waals surface area contributed by atoms with Crippen LogP contribution in [0.15, 0.2) is 39.6 Å². The predicted octanol–water partition coefficient (Wildman–Crippen LogP) is 3.81. The van der Waals surface area contributed by atoms with Crippen LogP contribution in [0, 0.1) is 12.8 Å². The van der Waals surface area contributed by atoms with Crippen molar-refractivity contribution < 1.29 is 13.6 Å². The van der Waals surface area contributed by atoms with Gasteiger partial charge in [0.05, 0.1) is 18.3 Å². The molecule has 160 valence electrons. The molecule has 0 saturated carbocycles. The number of aryl methyl sites for hydroxylation is 1. The number of hydrogen-bond acceptors (Lipinski definition) is 5. The third kappa shape index (κ3) is 3.84. The second-order valence-electron chi connectivity index (χ2n) is 8.25. The van der Waals surface area contributed by atoms with Crippen molar-refractivity contribution in [3.05, 3.63) is 41.7 Å². The van der Waals surface area contributed by atoms with Gasteiger partial charge in [0.2, 0.25) is 0 Å². The lowest BCUT2D eigenvalue weighted by Gasteiger charge is -2.44. The number of aromatic nitrogens is 1. The first-order valence-electron chi connectivity index (χ1n) is 10.4. The number of oxazole rings is 1. The molecule has 2 amide bonds. The van der Waals surface area contributed by atoms with E-state index in [-0.39, 0.29) is 35.9 Å². The van der Waals surface area contributed by atoms with Gasteiger partial charge in [-0.1, -0.05) is 19.1 Å². The average molecular weight is 413 g/mol. The number of rotatable bonds is 3. The van der Waals surface area contributed by atoms with E-state index in [0.717, 1.165) is 11.1 Å². The van der Waals surface area contributed by atoms with Gasteiger partial charge in [-0.3, -0.25) is 9.89 Å². The van der Waals surface area contributed by atoms with Gasteiger partial charge in [-0.2, -0.15) is 0 Å². The van der Waals surface area contributed by atoms with Crippen molar-refractivity contribution in [3.63, 3.8) is 0 Å². The molecule has 8 heteroatoms. The van der Waals surface area contributed by atoms with E-state index < -0.39 is 0 Å². The highest BCUT2D eigenvalue weighted by molar-refractivity contribution is 5.79. The fraction of sp³-hybridized carbons (Fsp3) is 0.500. The van der Waals surface area contributed by atoms with Gasteiger partial charge in [-0.25, -0.2) is 14.2 Å². The SMILES string of the molecule is Cc1nc2c([C@@H](C)NC(=O)N3CCN(C4C(F)=CN=CC4C)C[C@H]3C)cccc2o1. The Kier molecular flexibility index (Phi) is 5.60. The van der Waals surface area contributed by atoms with E-state index in [0.29, 0.717) is 31.1 Å². The minimum absolute atomic E-state index is 0.00834. The van der Waals surface area contributed by atoms with Crippen LogP contribution in [0.4, 0.5) is 9.18 Å². The van der Waals surface area contributed by atoms with Gasteiger partial charge < -0.3 is 14.6 Å². The third-order valence-electron chi connectivity index (χ3n) is 5.98. The summed E-state index contributed by atoms with van der Waals surface area (Å²) in [6, 6.07) is 5.06. The maximum atomic E-state index is 14.4. The molecule has 4 atom stereocenters. The minimum Gasteiger partial charge on any atom is -0.441 e. The fourth-order valence-electron chi connectivity index (χ4n) is 4.48. The molecule has 2 aliphatic heterocycles. The molecular weight excluding hydrogens is 385 g/mol. The molecule has 3 heterocycles. The first-order chi connectivity index (χ1) is 14.3. The normalized spacial score (nSPS) is 26.0. The number of benzene rings is 1. The van der Waals surface area contributed by atoms with Gasteiger partial charge in [0.1, 0.15) is 11.3 Å². The van der Waals surface area contributed by atoms with Crippen LogP contribution >= 0.6 is 0 Å². The molecule has 2 unspecified atom stereocenters. The van der Waals surface area contributed by atoms with E-state index in [9.17, 15) is 9.18 Å². The van der Waals surface area contributed by atoms with Gasteiger partial charge in [-0.15, -0.1) is 0 Å². The molecule has 2 aromatic rings. The Morgan fingerprint density at radius 3 is 2.87 bits per heavy atom. The van der Waals surface area contributed by atoms with Crippen molar-refractivity contribution in [2.24, 2.45) is 10.9 Å². The van der Waals surface area contributed by atoms with Crippen molar-refractivity contribution in [1.82, 2.24) is 20.1 Å². The molecule has 0 spiro atoms. The van der Waals surface area contributed by atoms with E-state index in [1.165, 1.54) is 6.20 Å². The van der Waals surface area contributed by atoms with Crippen LogP contribution < -0.4 is 5.32 Å². The maximum absolute atomic E-state index is 14.4. The number of carbonyl (C=O) groups excluding carboxylic acids is 1. The largest absolute Gasteiger partial charge is 0.441 e. The van der Waals surface area contributed by atoms with E-state index in [2.05, 4.69) is 20.2 Å². The summed E-state index contributed by atoms with van der Waals surface area (Å²) in [6.45, 7) is 9.50. The number of amides is 2. The number of nitrogens with zero attached hydrogens (tertiary/aromatic N) is 4. The molecule has 2 aliphatic rings. The highest BCUT2D eigenvalue weighted by Gasteiger charge is 2.36. The van der Waals surface area contributed by atoms with E-state index in [1.807, 2.05) is 50.8 Å². The molecule has 1 N–H and O–H groups in total. The second-order valence-corrected chi connectivity index (χ2v) is 8.25. The third-order valence-corrected chi connectivity index (χ3v) is 5.98. The number of hydrogen-bond donors (Lipinski definition) is 1. The Morgan fingerprint density at radius 1 is 1.33 bits per heavy atom. The molecule has 1 fully saturated rings. The van der Waals surface area contributed by atoms with Crippen molar-refractivity contribution >= 4 is 23.3 Å². The van der Waals surface area contributed by atoms with E-state index in [4.69, 9.17) is 4.42 Å². The van der Waals surface area contributed by atoms with E-state index >= 15 is 0 Å². The quantitative estimate of drug-likeness (QED) is 0.830. The van der Waals surface area contributed by atoms with Gasteiger partial charge in [0.15, 0.2) is 11.5 Å². The number of carbonyl (C=O) groups is 1. The Morgan fingerprint density at radius 2 is 2.13 bits per heavy atom. The summed E-state index contributed by atoms with van der Waals surface area (Å²) in [7, 11) is 0. The number of halogens is 1. The summed E-state index contributed by atoms with van der Waals surface area (Å²) >= 11 is 0. The summed E-state index contributed by atoms with van der Waals surface area (Å²) in [5, 5.41) is 3.09. The predicted molar refractivity (Wildman–Crippen MR) is 114 cm³/mol. The smallest absolute Gasteiger partial charge is 0.318 e. The molecule has 0 bridgehead atoms. The molecule has 1 saturated heterocycles. The van der Waals surface area contributed by atoms with Crippen LogP contribution in [0.3, 0.4) is 0 Å². The Balaban J connectivity index is 1.42. The maximum Gasteiger partial charge on any atom is 0.318 e. The topological polar surface area (TPSA) is 74.0 Å². The zero-order chi connectivity index (χ0) is 21.4. The molecule has 7 nitrogen and oxygen atoms in total. The van der Waals surface area contributed by atoms with Gasteiger partial charge in [0, 0.05) is 50.3 Å². The fourth-order valence-corrected chi connectivity index (χ4v) is 4.48. The zero-order valence-electron chi connectivity index (χ0n) is 17.8. The summed E-state index contributed by atoms with van der Waals surface area (Å²) in [5.41, 5.74) is 2.41. The van der Waals surface area contributed by atoms with E-state index in [1.54, 1.807) is 6.21 Å². The molecule has 1 aromatic heterocycles. The minimum atomic E-state index is -0.304. The number of urea groups is 1. The highest BCUT2D eigenvalue weighted by Crippen LogP contribution is 2.27. The molecule has 4 rings (SSSR count). The number of para-hydroxylation sites is 1. The number of piperazine rings is 1. The average Bonchev–Trinajstić information content (AvgIpc) is 3.07. The van der Waals surface area contributed by atoms with Gasteiger partial charge in [-0.05, 0) is 19.9 Å². The highest BCUT2D eigenvalue weighted by atomic mass is 19.1. The van der Waals surface area contributed by atoms with Crippen molar-refractivity contribution in [1.29, 1.82) is 0 Å². The van der Waals surface area contributed by atoms with Gasteiger partial charge >= 0.3 is 6.03 Å². The summed E-state index contributed by atoms with van der Waals surface area (Å²) in [5.74, 6) is 0.401. The lowest BCUT2D eigenvalue weighted by atomic mass is 9.97. The number of fused-ring (bicyclic) bond motifs is 1. The monoisotopic (exact) mass is 413 g/mol. The standard InChI is InChI=1S/C22H28FN5O2/c1-13-10-24-11-18(23)21(13)27-8-9-28(14(2)12-27)22(29)25-15(3)17-6-5-7-19-20(17)26-16(4)30-19/h5-7,10-11,13-15,21H,8-9,12H2,1-4H3,(H,25,29)/t13?,14-,15-,21?/m1/s1. The molecule has 0 radical (unpaired) electrons. The Hall–Kier alpha value is -2.74. The number of nitrogens with one attached hydrogen (secondary N) is 1. The molecule has 1 aromatic carbocycles. The Bertz CT molecular complexity index is 1000. The Labute approximate surface area is 175 Å². The van der Waals surface area contributed by atoms with Crippen LogP contribution in [-0.4, -0.2) is 58.7 Å². The zero-order valence-corrected chi connectivity index (χ0v) is 17.8. The lowest BCUT2D eigenvalue weighted by Crippen LogP contribution is -2.59. The van der Waals surface area contributed by atoms with Gasteiger partial charge in [0.25, 0.3) is 0 Å². The lowest BCUT2D eigenvalue weighted by molar-refractivity contribution is 0.0679. The first-order valence-corrected chi connectivity index (χ1v) is 10.4. The van der Waals surface area contributed by atoms with Crippen LogP contribution in [-0.2, 0) is 0 Å². The molecule has 30 heavy (non-hydrogen) atoms. The van der Waals surface area contributed by atoms with Crippen LogP contribution in [0.2, 0.25) is 0 Å². The molecular formula is C22H28FN5O2. The van der Waals surface area contributed by atoms with Crippen LogP contribution in [0.1, 0.15) is 38.3 Å². The van der Waals surface area contributed by atoms with Crippen LogP contribution in [0.25, 0.3) is 11.1 Å². The van der Waals surface area contributed by atoms with Crippen LogP contribution in [0.5, 0.6) is 0 Å². The summed E-state index contributed by atoms with van der Waals surface area (Å²) in [6.07, 6.45) is 3.08. The summed E-state index contributed by atoms with van der Waals surface area (Å²) < 4.78 is 20.0. The van der Waals surface area contributed by atoms with Crippen molar-refractivity contribution in [2.45, 2.75) is 45.8 Å². The second kappa shape index (κ2) is 8.18. The summed E-state index contributed by atoms with van der Waals surface area (Å²) in [4.78, 5) is 25.3. The first kappa shape index (κ1) is 20.5.